The third-order valence-electron chi connectivity index (χ3n) is 3.31. The molecule has 22 heavy (non-hydrogen) atoms. The van der Waals surface area contributed by atoms with Gasteiger partial charge in [-0.3, -0.25) is 0 Å². The fraction of sp³-hybridized carbons (Fsp3) is 0.312. The van der Waals surface area contributed by atoms with Gasteiger partial charge in [-0.1, -0.05) is 12.1 Å². The first-order chi connectivity index (χ1) is 10.4. The molecule has 0 unspecified atom stereocenters. The number of nitrogens with zero attached hydrogens (tertiary/aromatic N) is 2. The minimum atomic E-state index is -0.455. The maximum atomic E-state index is 14.0. The Kier molecular flexibility index (Phi) is 4.70. The van der Waals surface area contributed by atoms with Crippen molar-refractivity contribution in [3.05, 3.63) is 52.7 Å². The Morgan fingerprint density at radius 3 is 2.45 bits per heavy atom. The van der Waals surface area contributed by atoms with Crippen molar-refractivity contribution in [1.82, 2.24) is 9.97 Å². The Morgan fingerprint density at radius 1 is 1.23 bits per heavy atom. The van der Waals surface area contributed by atoms with E-state index >= 15 is 0 Å². The summed E-state index contributed by atoms with van der Waals surface area (Å²) in [4.78, 5) is 19.5. The number of esters is 1. The van der Waals surface area contributed by atoms with Crippen LogP contribution < -0.4 is 5.32 Å². The second-order valence-electron chi connectivity index (χ2n) is 5.00. The summed E-state index contributed by atoms with van der Waals surface area (Å²) < 4.78 is 18.7. The molecule has 1 aromatic heterocycles. The Hall–Kier alpha value is -2.50. The van der Waals surface area contributed by atoms with Crippen LogP contribution in [0.1, 0.15) is 40.4 Å². The van der Waals surface area contributed by atoms with E-state index in [-0.39, 0.29) is 17.8 Å². The van der Waals surface area contributed by atoms with Gasteiger partial charge in [-0.15, -0.1) is 0 Å². The van der Waals surface area contributed by atoms with E-state index in [1.165, 1.54) is 7.11 Å². The molecule has 0 aliphatic rings. The molecular weight excluding hydrogens is 285 g/mol. The third kappa shape index (κ3) is 3.39. The zero-order chi connectivity index (χ0) is 16.3. The van der Waals surface area contributed by atoms with Crippen molar-refractivity contribution in [3.63, 3.8) is 0 Å². The van der Waals surface area contributed by atoms with Gasteiger partial charge in [0.05, 0.1) is 24.4 Å². The van der Waals surface area contributed by atoms with Gasteiger partial charge in [0, 0.05) is 0 Å². The summed E-state index contributed by atoms with van der Waals surface area (Å²) >= 11 is 0. The standard InChI is InChI=1S/C16H18FN3O2/c1-9(12-5-7-13(8-6-12)16(21)22-4)19-15-14(17)10(2)18-11(3)20-15/h5-9H,1-4H3,(H,18,19,20)/t9-/m0/s1. The molecule has 1 heterocycles. The molecule has 6 heteroatoms. The van der Waals surface area contributed by atoms with Crippen LogP contribution in [0, 0.1) is 19.7 Å². The maximum absolute atomic E-state index is 14.0. The number of benzene rings is 1. The average Bonchev–Trinajstić information content (AvgIpc) is 2.51. The third-order valence-corrected chi connectivity index (χ3v) is 3.31. The molecule has 1 aromatic carbocycles. The van der Waals surface area contributed by atoms with Gasteiger partial charge in [-0.25, -0.2) is 19.2 Å². The van der Waals surface area contributed by atoms with E-state index in [1.54, 1.807) is 38.1 Å². The van der Waals surface area contributed by atoms with E-state index < -0.39 is 5.82 Å². The van der Waals surface area contributed by atoms with Crippen molar-refractivity contribution < 1.29 is 13.9 Å². The van der Waals surface area contributed by atoms with Crippen molar-refractivity contribution >= 4 is 11.8 Å². The van der Waals surface area contributed by atoms with Crippen LogP contribution in [0.4, 0.5) is 10.2 Å². The van der Waals surface area contributed by atoms with Crippen LogP contribution in [0.5, 0.6) is 0 Å². The molecule has 0 aliphatic heterocycles. The highest BCUT2D eigenvalue weighted by Gasteiger charge is 2.14. The van der Waals surface area contributed by atoms with Crippen LogP contribution >= 0.6 is 0 Å². The van der Waals surface area contributed by atoms with Crippen LogP contribution in [0.2, 0.25) is 0 Å². The summed E-state index contributed by atoms with van der Waals surface area (Å²) in [7, 11) is 1.34. The van der Waals surface area contributed by atoms with Crippen molar-refractivity contribution in [2.45, 2.75) is 26.8 Å². The SMILES string of the molecule is COC(=O)c1ccc([C@H](C)Nc2nc(C)nc(C)c2F)cc1. The monoisotopic (exact) mass is 303 g/mol. The molecule has 1 N–H and O–H groups in total. The molecule has 0 amide bonds. The molecule has 0 spiro atoms. The second kappa shape index (κ2) is 6.51. The first kappa shape index (κ1) is 15.9. The topological polar surface area (TPSA) is 64.1 Å². The molecule has 2 aromatic rings. The lowest BCUT2D eigenvalue weighted by atomic mass is 10.1. The summed E-state index contributed by atoms with van der Waals surface area (Å²) in [5, 5.41) is 3.03. The number of hydrogen-bond donors (Lipinski definition) is 1. The lowest BCUT2D eigenvalue weighted by molar-refractivity contribution is 0.0600. The Balaban J connectivity index is 2.19. The first-order valence-electron chi connectivity index (χ1n) is 6.88. The van der Waals surface area contributed by atoms with Crippen LogP contribution in [0.15, 0.2) is 24.3 Å². The molecular formula is C16H18FN3O2. The molecule has 116 valence electrons. The number of ether oxygens (including phenoxy) is 1. The van der Waals surface area contributed by atoms with E-state index in [9.17, 15) is 9.18 Å². The highest BCUT2D eigenvalue weighted by Crippen LogP contribution is 2.21. The minimum absolute atomic E-state index is 0.171. The molecule has 5 nitrogen and oxygen atoms in total. The van der Waals surface area contributed by atoms with Gasteiger partial charge in [0.15, 0.2) is 11.6 Å². The lowest BCUT2D eigenvalue weighted by Crippen LogP contribution is -2.12. The number of hydrogen-bond acceptors (Lipinski definition) is 5. The van der Waals surface area contributed by atoms with Crippen LogP contribution in [-0.2, 0) is 4.74 Å². The quantitative estimate of drug-likeness (QED) is 0.879. The first-order valence-corrected chi connectivity index (χ1v) is 6.88. The maximum Gasteiger partial charge on any atom is 0.337 e. The Labute approximate surface area is 128 Å². The number of nitrogens with one attached hydrogen (secondary N) is 1. The van der Waals surface area contributed by atoms with E-state index in [2.05, 4.69) is 20.0 Å². The summed E-state index contributed by atoms with van der Waals surface area (Å²) in [6, 6.07) is 6.76. The van der Waals surface area contributed by atoms with Crippen molar-refractivity contribution in [2.24, 2.45) is 0 Å². The van der Waals surface area contributed by atoms with E-state index in [0.717, 1.165) is 5.56 Å². The van der Waals surface area contributed by atoms with E-state index in [0.29, 0.717) is 17.1 Å². The summed E-state index contributed by atoms with van der Waals surface area (Å²) in [5.41, 5.74) is 1.68. The minimum Gasteiger partial charge on any atom is -0.465 e. The van der Waals surface area contributed by atoms with Crippen LogP contribution in [0.3, 0.4) is 0 Å². The molecule has 2 rings (SSSR count). The van der Waals surface area contributed by atoms with Crippen LogP contribution in [0.25, 0.3) is 0 Å². The molecule has 0 saturated carbocycles. The van der Waals surface area contributed by atoms with Gasteiger partial charge in [-0.05, 0) is 38.5 Å². The smallest absolute Gasteiger partial charge is 0.337 e. The van der Waals surface area contributed by atoms with E-state index in [1.807, 2.05) is 6.92 Å². The Morgan fingerprint density at radius 2 is 1.86 bits per heavy atom. The number of halogens is 1. The fourth-order valence-electron chi connectivity index (χ4n) is 2.11. The molecule has 0 radical (unpaired) electrons. The van der Waals surface area contributed by atoms with Crippen LogP contribution in [-0.4, -0.2) is 23.0 Å². The molecule has 0 saturated heterocycles. The molecule has 1 atom stereocenters. The summed E-state index contributed by atoms with van der Waals surface area (Å²) in [5.74, 6) is -0.159. The largest absolute Gasteiger partial charge is 0.465 e. The lowest BCUT2D eigenvalue weighted by Gasteiger charge is -2.16. The summed E-state index contributed by atoms with van der Waals surface area (Å²) in [6.45, 7) is 5.21. The van der Waals surface area contributed by atoms with E-state index in [4.69, 9.17) is 0 Å². The van der Waals surface area contributed by atoms with Gasteiger partial charge in [-0.2, -0.15) is 0 Å². The number of methoxy groups -OCH3 is 1. The molecule has 0 bridgehead atoms. The van der Waals surface area contributed by atoms with Gasteiger partial charge in [0.2, 0.25) is 0 Å². The number of aryl methyl sites for hydroxylation is 2. The van der Waals surface area contributed by atoms with Crippen molar-refractivity contribution in [3.8, 4) is 0 Å². The molecule has 0 aliphatic carbocycles. The summed E-state index contributed by atoms with van der Waals surface area (Å²) in [6.07, 6.45) is 0. The number of aromatic nitrogens is 2. The van der Waals surface area contributed by atoms with Gasteiger partial charge < -0.3 is 10.1 Å². The molecule has 0 fully saturated rings. The number of carbonyl (C=O) groups is 1. The zero-order valence-corrected chi connectivity index (χ0v) is 13.0. The second-order valence-corrected chi connectivity index (χ2v) is 5.00. The van der Waals surface area contributed by atoms with Gasteiger partial charge in [0.1, 0.15) is 5.82 Å². The highest BCUT2D eigenvalue weighted by molar-refractivity contribution is 5.89. The Bertz CT molecular complexity index is 687. The van der Waals surface area contributed by atoms with Gasteiger partial charge >= 0.3 is 5.97 Å². The predicted octanol–water partition coefficient (Wildman–Crippen LogP) is 3.19. The number of anilines is 1. The fourth-order valence-corrected chi connectivity index (χ4v) is 2.11. The average molecular weight is 303 g/mol. The highest BCUT2D eigenvalue weighted by atomic mass is 19.1. The zero-order valence-electron chi connectivity index (χ0n) is 13.0. The normalized spacial score (nSPS) is 11.9. The number of carbonyl (C=O) groups excluding carboxylic acids is 1. The van der Waals surface area contributed by atoms with Crippen molar-refractivity contribution in [1.29, 1.82) is 0 Å². The van der Waals surface area contributed by atoms with Crippen molar-refractivity contribution in [2.75, 3.05) is 12.4 Å². The number of rotatable bonds is 4. The van der Waals surface area contributed by atoms with Gasteiger partial charge in [0.25, 0.3) is 0 Å². The predicted molar refractivity (Wildman–Crippen MR) is 81.3 cm³/mol.